The molecule has 1 atom stereocenters. The Labute approximate surface area is 182 Å². The molecule has 1 fully saturated rings. The number of ether oxygens (including phenoxy) is 4. The molecule has 30 heavy (non-hydrogen) atoms. The molecule has 0 bridgehead atoms. The van der Waals surface area contributed by atoms with Crippen LogP contribution in [0.2, 0.25) is 0 Å². The van der Waals surface area contributed by atoms with Crippen molar-refractivity contribution >= 4 is 21.8 Å². The highest BCUT2D eigenvalue weighted by molar-refractivity contribution is 8.01. The normalized spacial score (nSPS) is 17.0. The first-order valence-electron chi connectivity index (χ1n) is 9.71. The van der Waals surface area contributed by atoms with Gasteiger partial charge in [0.15, 0.2) is 11.5 Å². The maximum absolute atomic E-state index is 13.7. The SMILES string of the molecule is CCOc1ccc(OCC)c(S(=O)(=O)N2CCSC2c2ccc(OC)c(OC)c2)c1. The van der Waals surface area contributed by atoms with Crippen LogP contribution in [0.4, 0.5) is 0 Å². The molecule has 1 heterocycles. The maximum Gasteiger partial charge on any atom is 0.248 e. The molecule has 0 N–H and O–H groups in total. The fourth-order valence-corrected chi connectivity index (χ4v) is 6.70. The van der Waals surface area contributed by atoms with Crippen LogP contribution in [0.3, 0.4) is 0 Å². The molecule has 2 aromatic rings. The van der Waals surface area contributed by atoms with Gasteiger partial charge in [-0.1, -0.05) is 6.07 Å². The van der Waals surface area contributed by atoms with E-state index in [2.05, 4.69) is 0 Å². The lowest BCUT2D eigenvalue weighted by Gasteiger charge is -2.25. The summed E-state index contributed by atoms with van der Waals surface area (Å²) in [5.74, 6) is 2.67. The van der Waals surface area contributed by atoms with Crippen LogP contribution < -0.4 is 18.9 Å². The fraction of sp³-hybridized carbons (Fsp3) is 0.429. The van der Waals surface area contributed by atoms with Gasteiger partial charge in [-0.15, -0.1) is 11.8 Å². The molecule has 0 amide bonds. The minimum absolute atomic E-state index is 0.114. The highest BCUT2D eigenvalue weighted by Gasteiger charge is 2.39. The van der Waals surface area contributed by atoms with Gasteiger partial charge in [-0.05, 0) is 43.7 Å². The number of hydrogen-bond donors (Lipinski definition) is 0. The van der Waals surface area contributed by atoms with Crippen LogP contribution in [-0.2, 0) is 10.0 Å². The molecule has 0 radical (unpaired) electrons. The zero-order chi connectivity index (χ0) is 21.7. The van der Waals surface area contributed by atoms with E-state index in [0.29, 0.717) is 48.5 Å². The Balaban J connectivity index is 2.02. The molecule has 9 heteroatoms. The minimum Gasteiger partial charge on any atom is -0.494 e. The number of thioether (sulfide) groups is 1. The first kappa shape index (κ1) is 22.6. The standard InChI is InChI=1S/C21H27NO6S2/c1-5-27-16-8-10-18(28-6-2)20(14-16)30(23,24)22-11-12-29-21(22)15-7-9-17(25-3)19(13-15)26-4/h7-10,13-14,21H,5-6,11-12H2,1-4H3. The maximum atomic E-state index is 13.7. The van der Waals surface area contributed by atoms with Crippen LogP contribution in [0, 0.1) is 0 Å². The van der Waals surface area contributed by atoms with Crippen molar-refractivity contribution in [2.24, 2.45) is 0 Å². The Bertz CT molecular complexity index is 979. The second-order valence-electron chi connectivity index (χ2n) is 6.43. The van der Waals surface area contributed by atoms with Crippen LogP contribution in [0.25, 0.3) is 0 Å². The van der Waals surface area contributed by atoms with Gasteiger partial charge in [0.25, 0.3) is 0 Å². The summed E-state index contributed by atoms with van der Waals surface area (Å²) in [4.78, 5) is 0.114. The summed E-state index contributed by atoms with van der Waals surface area (Å²) < 4.78 is 50.7. The van der Waals surface area contributed by atoms with E-state index in [1.54, 1.807) is 50.2 Å². The van der Waals surface area contributed by atoms with Crippen molar-refractivity contribution in [1.29, 1.82) is 0 Å². The van der Waals surface area contributed by atoms with Gasteiger partial charge in [-0.2, -0.15) is 4.31 Å². The molecule has 1 aliphatic rings. The minimum atomic E-state index is -3.83. The molecule has 3 rings (SSSR count). The van der Waals surface area contributed by atoms with E-state index in [9.17, 15) is 8.42 Å². The third kappa shape index (κ3) is 4.48. The van der Waals surface area contributed by atoms with Gasteiger partial charge in [0, 0.05) is 18.4 Å². The van der Waals surface area contributed by atoms with Crippen LogP contribution in [-0.4, -0.2) is 52.5 Å². The summed E-state index contributed by atoms with van der Waals surface area (Å²) in [5, 5.41) is -0.375. The summed E-state index contributed by atoms with van der Waals surface area (Å²) in [5.41, 5.74) is 0.831. The van der Waals surface area contributed by atoms with Crippen molar-refractivity contribution < 1.29 is 27.4 Å². The van der Waals surface area contributed by atoms with E-state index in [1.165, 1.54) is 4.31 Å². The van der Waals surface area contributed by atoms with Crippen LogP contribution in [0.15, 0.2) is 41.3 Å². The fourth-order valence-electron chi connectivity index (χ4n) is 3.32. The molecule has 1 aliphatic heterocycles. The van der Waals surface area contributed by atoms with E-state index in [-0.39, 0.29) is 10.3 Å². The molecular formula is C21H27NO6S2. The van der Waals surface area contributed by atoms with Crippen LogP contribution >= 0.6 is 11.8 Å². The highest BCUT2D eigenvalue weighted by atomic mass is 32.2. The summed E-state index contributed by atoms with van der Waals surface area (Å²) in [7, 11) is -0.700. The zero-order valence-corrected chi connectivity index (χ0v) is 19.2. The lowest BCUT2D eigenvalue weighted by Crippen LogP contribution is -2.31. The second-order valence-corrected chi connectivity index (χ2v) is 9.47. The van der Waals surface area contributed by atoms with Gasteiger partial charge in [-0.25, -0.2) is 8.42 Å². The van der Waals surface area contributed by atoms with Gasteiger partial charge in [0.2, 0.25) is 10.0 Å². The molecular weight excluding hydrogens is 426 g/mol. The van der Waals surface area contributed by atoms with Gasteiger partial charge < -0.3 is 18.9 Å². The highest BCUT2D eigenvalue weighted by Crippen LogP contribution is 2.45. The number of hydrogen-bond acceptors (Lipinski definition) is 7. The quantitative estimate of drug-likeness (QED) is 0.569. The van der Waals surface area contributed by atoms with E-state index in [1.807, 2.05) is 26.0 Å². The predicted molar refractivity (Wildman–Crippen MR) is 117 cm³/mol. The van der Waals surface area contributed by atoms with Crippen LogP contribution in [0.1, 0.15) is 24.8 Å². The Morgan fingerprint density at radius 1 is 0.967 bits per heavy atom. The number of sulfonamides is 1. The molecule has 1 unspecified atom stereocenters. The van der Waals surface area contributed by atoms with E-state index >= 15 is 0 Å². The molecule has 0 aromatic heterocycles. The molecule has 0 aliphatic carbocycles. The van der Waals surface area contributed by atoms with E-state index in [4.69, 9.17) is 18.9 Å². The topological polar surface area (TPSA) is 74.3 Å². The van der Waals surface area contributed by atoms with E-state index < -0.39 is 10.0 Å². The Morgan fingerprint density at radius 3 is 2.33 bits per heavy atom. The number of benzene rings is 2. The van der Waals surface area contributed by atoms with Crippen molar-refractivity contribution in [1.82, 2.24) is 4.31 Å². The van der Waals surface area contributed by atoms with Crippen molar-refractivity contribution in [3.05, 3.63) is 42.0 Å². The Morgan fingerprint density at radius 2 is 1.67 bits per heavy atom. The lowest BCUT2D eigenvalue weighted by molar-refractivity contribution is 0.320. The van der Waals surface area contributed by atoms with Crippen molar-refractivity contribution in [2.75, 3.05) is 39.7 Å². The van der Waals surface area contributed by atoms with Gasteiger partial charge in [0.1, 0.15) is 16.4 Å². The summed E-state index contributed by atoms with van der Waals surface area (Å²) in [6.07, 6.45) is 0. The third-order valence-corrected chi connectivity index (χ3v) is 7.93. The smallest absolute Gasteiger partial charge is 0.248 e. The Hall–Kier alpha value is -2.10. The average Bonchev–Trinajstić information content (AvgIpc) is 3.25. The largest absolute Gasteiger partial charge is 0.494 e. The first-order valence-corrected chi connectivity index (χ1v) is 12.2. The second kappa shape index (κ2) is 9.80. The Kier molecular flexibility index (Phi) is 7.38. The summed E-state index contributed by atoms with van der Waals surface area (Å²) in [6, 6.07) is 10.4. The lowest BCUT2D eigenvalue weighted by atomic mass is 10.2. The summed E-state index contributed by atoms with van der Waals surface area (Å²) >= 11 is 1.57. The molecule has 7 nitrogen and oxygen atoms in total. The monoisotopic (exact) mass is 453 g/mol. The van der Waals surface area contributed by atoms with Gasteiger partial charge in [0.05, 0.1) is 32.8 Å². The van der Waals surface area contributed by atoms with Crippen molar-refractivity contribution in [3.63, 3.8) is 0 Å². The molecule has 0 saturated carbocycles. The molecule has 2 aromatic carbocycles. The molecule has 1 saturated heterocycles. The number of rotatable bonds is 9. The number of methoxy groups -OCH3 is 2. The molecule has 164 valence electrons. The van der Waals surface area contributed by atoms with Gasteiger partial charge >= 0.3 is 0 Å². The zero-order valence-electron chi connectivity index (χ0n) is 17.6. The van der Waals surface area contributed by atoms with Crippen molar-refractivity contribution in [2.45, 2.75) is 24.1 Å². The van der Waals surface area contributed by atoms with Crippen LogP contribution in [0.5, 0.6) is 23.0 Å². The third-order valence-electron chi connectivity index (χ3n) is 4.65. The summed E-state index contributed by atoms with van der Waals surface area (Å²) in [6.45, 7) is 4.89. The molecule has 0 spiro atoms. The first-order chi connectivity index (χ1) is 14.5. The predicted octanol–water partition coefficient (Wildman–Crippen LogP) is 3.94. The van der Waals surface area contributed by atoms with Gasteiger partial charge in [-0.3, -0.25) is 0 Å². The van der Waals surface area contributed by atoms with E-state index in [0.717, 1.165) is 5.56 Å². The van der Waals surface area contributed by atoms with Crippen molar-refractivity contribution in [3.8, 4) is 23.0 Å². The average molecular weight is 454 g/mol. The number of nitrogens with zero attached hydrogens (tertiary/aromatic N) is 1.